The van der Waals surface area contributed by atoms with Gasteiger partial charge in [0.25, 0.3) is 5.91 Å². The molecule has 1 N–H and O–H groups in total. The molecule has 0 unspecified atom stereocenters. The number of carbonyl (C=O) groups is 2. The van der Waals surface area contributed by atoms with Crippen LogP contribution in [0.1, 0.15) is 17.3 Å². The van der Waals surface area contributed by atoms with E-state index in [9.17, 15) is 18.0 Å². The van der Waals surface area contributed by atoms with Gasteiger partial charge >= 0.3 is 0 Å². The molecule has 0 spiro atoms. The third-order valence-electron chi connectivity index (χ3n) is 3.84. The zero-order chi connectivity index (χ0) is 17.7. The van der Waals surface area contributed by atoms with Crippen LogP contribution in [0.15, 0.2) is 41.8 Å². The fraction of sp³-hybridized carbons (Fsp3) is 0.375. The summed E-state index contributed by atoms with van der Waals surface area (Å²) in [7, 11) is -3.60. The van der Waals surface area contributed by atoms with Crippen molar-refractivity contribution in [3.8, 4) is 0 Å². The second kappa shape index (κ2) is 7.59. The highest BCUT2D eigenvalue weighted by molar-refractivity contribution is 7.89. The van der Waals surface area contributed by atoms with Gasteiger partial charge in [-0.15, -0.1) is 6.58 Å². The molecule has 1 aromatic rings. The summed E-state index contributed by atoms with van der Waals surface area (Å²) in [6.07, 6.45) is 1.45. The average Bonchev–Trinajstić information content (AvgIpc) is 2.59. The standard InChI is InChI=1S/C16H21N3O4S/c1-3-8-17-24(22,23)15-6-4-14(5-7-15)16(21)19-11-9-18(10-12-19)13(2)20/h3-7,17H,1,8-12H2,2H3. The number of nitrogens with zero attached hydrogens (tertiary/aromatic N) is 2. The van der Waals surface area contributed by atoms with Crippen LogP contribution >= 0.6 is 0 Å². The molecule has 1 aliphatic rings. The Morgan fingerprint density at radius 1 is 1.12 bits per heavy atom. The van der Waals surface area contributed by atoms with Crippen LogP contribution in [0.4, 0.5) is 0 Å². The predicted molar refractivity (Wildman–Crippen MR) is 90.0 cm³/mol. The largest absolute Gasteiger partial charge is 0.339 e. The molecule has 0 saturated carbocycles. The van der Waals surface area contributed by atoms with E-state index >= 15 is 0 Å². The van der Waals surface area contributed by atoms with Gasteiger partial charge in [0.15, 0.2) is 0 Å². The lowest BCUT2D eigenvalue weighted by Crippen LogP contribution is -2.50. The highest BCUT2D eigenvalue weighted by Gasteiger charge is 2.23. The maximum atomic E-state index is 12.5. The van der Waals surface area contributed by atoms with Crippen molar-refractivity contribution < 1.29 is 18.0 Å². The van der Waals surface area contributed by atoms with Gasteiger partial charge in [0.1, 0.15) is 0 Å². The van der Waals surface area contributed by atoms with Crippen LogP contribution in [0.5, 0.6) is 0 Å². The quantitative estimate of drug-likeness (QED) is 0.781. The third-order valence-corrected chi connectivity index (χ3v) is 5.28. The van der Waals surface area contributed by atoms with Crippen LogP contribution in [-0.4, -0.2) is 62.8 Å². The number of hydrogen-bond donors (Lipinski definition) is 1. The summed E-state index contributed by atoms with van der Waals surface area (Å²) in [6.45, 7) is 7.08. The van der Waals surface area contributed by atoms with Crippen molar-refractivity contribution in [3.63, 3.8) is 0 Å². The van der Waals surface area contributed by atoms with E-state index in [0.29, 0.717) is 31.7 Å². The van der Waals surface area contributed by atoms with Gasteiger partial charge < -0.3 is 9.80 Å². The summed E-state index contributed by atoms with van der Waals surface area (Å²) in [4.78, 5) is 27.2. The van der Waals surface area contributed by atoms with Gasteiger partial charge in [0.2, 0.25) is 15.9 Å². The molecule has 0 atom stereocenters. The molecule has 0 aromatic heterocycles. The van der Waals surface area contributed by atoms with Crippen molar-refractivity contribution in [3.05, 3.63) is 42.5 Å². The number of rotatable bonds is 5. The van der Waals surface area contributed by atoms with Gasteiger partial charge in [-0.25, -0.2) is 13.1 Å². The first-order valence-electron chi connectivity index (χ1n) is 7.60. The van der Waals surface area contributed by atoms with Gasteiger partial charge in [-0.2, -0.15) is 0 Å². The number of benzene rings is 1. The molecule has 0 radical (unpaired) electrons. The highest BCUT2D eigenvalue weighted by Crippen LogP contribution is 2.13. The third kappa shape index (κ3) is 4.21. The summed E-state index contributed by atoms with van der Waals surface area (Å²) in [6, 6.07) is 5.82. The van der Waals surface area contributed by atoms with E-state index in [1.165, 1.54) is 37.3 Å². The topological polar surface area (TPSA) is 86.8 Å². The first-order chi connectivity index (χ1) is 11.3. The van der Waals surface area contributed by atoms with E-state index in [1.807, 2.05) is 0 Å². The number of nitrogens with one attached hydrogen (secondary N) is 1. The van der Waals surface area contributed by atoms with Crippen LogP contribution in [-0.2, 0) is 14.8 Å². The van der Waals surface area contributed by atoms with E-state index in [0.717, 1.165) is 0 Å². The Labute approximate surface area is 142 Å². The van der Waals surface area contributed by atoms with Crippen LogP contribution in [0, 0.1) is 0 Å². The molecule has 0 aliphatic carbocycles. The van der Waals surface area contributed by atoms with Crippen molar-refractivity contribution in [1.82, 2.24) is 14.5 Å². The predicted octanol–water partition coefficient (Wildman–Crippen LogP) is 0.455. The van der Waals surface area contributed by atoms with Crippen LogP contribution < -0.4 is 4.72 Å². The summed E-state index contributed by atoms with van der Waals surface area (Å²) in [5, 5.41) is 0. The van der Waals surface area contributed by atoms with E-state index in [2.05, 4.69) is 11.3 Å². The lowest BCUT2D eigenvalue weighted by Gasteiger charge is -2.34. The van der Waals surface area contributed by atoms with Gasteiger partial charge in [0, 0.05) is 45.2 Å². The molecular weight excluding hydrogens is 330 g/mol. The molecule has 0 bridgehead atoms. The number of hydrogen-bond acceptors (Lipinski definition) is 4. The Morgan fingerprint density at radius 3 is 2.17 bits per heavy atom. The summed E-state index contributed by atoms with van der Waals surface area (Å²) < 4.78 is 26.3. The first kappa shape index (κ1) is 18.2. The van der Waals surface area contributed by atoms with Crippen molar-refractivity contribution >= 4 is 21.8 Å². The summed E-state index contributed by atoms with van der Waals surface area (Å²) in [5.41, 5.74) is 0.425. The van der Waals surface area contributed by atoms with Crippen molar-refractivity contribution in [2.24, 2.45) is 0 Å². The number of amides is 2. The molecule has 1 fully saturated rings. The molecule has 2 amide bonds. The van der Waals surface area contributed by atoms with Crippen molar-refractivity contribution in [1.29, 1.82) is 0 Å². The lowest BCUT2D eigenvalue weighted by atomic mass is 10.2. The summed E-state index contributed by atoms with van der Waals surface area (Å²) in [5.74, 6) is -0.162. The molecule has 1 saturated heterocycles. The van der Waals surface area contributed by atoms with E-state index in [-0.39, 0.29) is 23.3 Å². The lowest BCUT2D eigenvalue weighted by molar-refractivity contribution is -0.130. The number of carbonyl (C=O) groups excluding carboxylic acids is 2. The number of sulfonamides is 1. The number of piperazine rings is 1. The molecule has 24 heavy (non-hydrogen) atoms. The fourth-order valence-corrected chi connectivity index (χ4v) is 3.43. The maximum absolute atomic E-state index is 12.5. The Hall–Kier alpha value is -2.19. The van der Waals surface area contributed by atoms with Crippen LogP contribution in [0.2, 0.25) is 0 Å². The fourth-order valence-electron chi connectivity index (χ4n) is 2.44. The van der Waals surface area contributed by atoms with Gasteiger partial charge in [-0.05, 0) is 24.3 Å². The monoisotopic (exact) mass is 351 g/mol. The van der Waals surface area contributed by atoms with Crippen LogP contribution in [0.3, 0.4) is 0 Å². The zero-order valence-electron chi connectivity index (χ0n) is 13.6. The minimum Gasteiger partial charge on any atom is -0.339 e. The smallest absolute Gasteiger partial charge is 0.253 e. The molecule has 7 nitrogen and oxygen atoms in total. The first-order valence-corrected chi connectivity index (χ1v) is 9.09. The van der Waals surface area contributed by atoms with Gasteiger partial charge in [0.05, 0.1) is 4.90 Å². The minimum absolute atomic E-state index is 0.00341. The summed E-state index contributed by atoms with van der Waals surface area (Å²) >= 11 is 0. The Morgan fingerprint density at radius 2 is 1.67 bits per heavy atom. The SMILES string of the molecule is C=CCNS(=O)(=O)c1ccc(C(=O)N2CCN(C(C)=O)CC2)cc1. The van der Waals surface area contributed by atoms with Crippen molar-refractivity contribution in [2.45, 2.75) is 11.8 Å². The second-order valence-corrected chi connectivity index (χ2v) is 7.23. The maximum Gasteiger partial charge on any atom is 0.253 e. The Bertz CT molecular complexity index is 720. The molecule has 8 heteroatoms. The highest BCUT2D eigenvalue weighted by atomic mass is 32.2. The molecule has 130 valence electrons. The average molecular weight is 351 g/mol. The van der Waals surface area contributed by atoms with Gasteiger partial charge in [-0.1, -0.05) is 6.08 Å². The molecule has 1 aliphatic heterocycles. The van der Waals surface area contributed by atoms with Gasteiger partial charge in [-0.3, -0.25) is 9.59 Å². The molecule has 2 rings (SSSR count). The van der Waals surface area contributed by atoms with E-state index < -0.39 is 10.0 Å². The second-order valence-electron chi connectivity index (χ2n) is 5.46. The zero-order valence-corrected chi connectivity index (χ0v) is 14.4. The Balaban J connectivity index is 2.04. The minimum atomic E-state index is -3.60. The van der Waals surface area contributed by atoms with Crippen molar-refractivity contribution in [2.75, 3.05) is 32.7 Å². The molecular formula is C16H21N3O4S. The van der Waals surface area contributed by atoms with E-state index in [1.54, 1.807) is 9.80 Å². The van der Waals surface area contributed by atoms with E-state index in [4.69, 9.17) is 0 Å². The molecule has 1 aromatic carbocycles. The normalized spacial score (nSPS) is 15.2. The van der Waals surface area contributed by atoms with Crippen LogP contribution in [0.25, 0.3) is 0 Å². The molecule has 1 heterocycles. The Kier molecular flexibility index (Phi) is 5.74.